The first-order chi connectivity index (χ1) is 14.3. The SMILES string of the molecule is CCCCCCCCCCCCC(Oc1ccc(NS(=O)(=O)N(C)C)cc1)C(N)=O. The number of carbonyl (C=O) groups excluding carboxylic acids is 1. The van der Waals surface area contributed by atoms with Gasteiger partial charge in [-0.05, 0) is 37.1 Å². The maximum Gasteiger partial charge on any atom is 0.301 e. The Bertz CT molecular complexity index is 706. The molecule has 0 fully saturated rings. The largest absolute Gasteiger partial charge is 0.481 e. The van der Waals surface area contributed by atoms with Gasteiger partial charge in [-0.15, -0.1) is 0 Å². The normalized spacial score (nSPS) is 12.7. The van der Waals surface area contributed by atoms with Crippen LogP contribution in [0.1, 0.15) is 77.6 Å². The molecule has 0 aliphatic heterocycles. The summed E-state index contributed by atoms with van der Waals surface area (Å²) in [6.07, 6.45) is 12.2. The number of nitrogens with one attached hydrogen (secondary N) is 1. The van der Waals surface area contributed by atoms with Gasteiger partial charge in [-0.25, -0.2) is 0 Å². The van der Waals surface area contributed by atoms with Gasteiger partial charge in [-0.2, -0.15) is 12.7 Å². The van der Waals surface area contributed by atoms with Gasteiger partial charge in [0, 0.05) is 14.1 Å². The number of ether oxygens (including phenoxy) is 1. The van der Waals surface area contributed by atoms with Crippen molar-refractivity contribution in [1.82, 2.24) is 4.31 Å². The smallest absolute Gasteiger partial charge is 0.301 e. The Balaban J connectivity index is 2.34. The van der Waals surface area contributed by atoms with E-state index in [1.807, 2.05) is 0 Å². The number of nitrogens with two attached hydrogens (primary N) is 1. The number of benzene rings is 1. The summed E-state index contributed by atoms with van der Waals surface area (Å²) in [5, 5.41) is 0. The first-order valence-corrected chi connectivity index (χ1v) is 12.5. The highest BCUT2D eigenvalue weighted by atomic mass is 32.2. The van der Waals surface area contributed by atoms with Crippen molar-refractivity contribution in [3.63, 3.8) is 0 Å². The molecule has 1 rings (SSSR count). The summed E-state index contributed by atoms with van der Waals surface area (Å²) in [6.45, 7) is 2.23. The summed E-state index contributed by atoms with van der Waals surface area (Å²) in [4.78, 5) is 11.7. The van der Waals surface area contributed by atoms with E-state index in [1.54, 1.807) is 24.3 Å². The molecule has 0 aliphatic rings. The molecule has 0 saturated carbocycles. The van der Waals surface area contributed by atoms with Crippen LogP contribution in [-0.4, -0.2) is 38.8 Å². The summed E-state index contributed by atoms with van der Waals surface area (Å²) in [5.74, 6) is 0.00184. The zero-order chi connectivity index (χ0) is 22.4. The van der Waals surface area contributed by atoms with Gasteiger partial charge in [0.15, 0.2) is 6.10 Å². The topological polar surface area (TPSA) is 102 Å². The summed E-state index contributed by atoms with van der Waals surface area (Å²) in [7, 11) is -0.662. The lowest BCUT2D eigenvalue weighted by atomic mass is 10.0. The van der Waals surface area contributed by atoms with E-state index in [2.05, 4.69) is 11.6 Å². The van der Waals surface area contributed by atoms with E-state index in [0.717, 1.165) is 17.1 Å². The van der Waals surface area contributed by atoms with Crippen LogP contribution in [0, 0.1) is 0 Å². The van der Waals surface area contributed by atoms with E-state index >= 15 is 0 Å². The van der Waals surface area contributed by atoms with Crippen LogP contribution in [0.5, 0.6) is 5.75 Å². The lowest BCUT2D eigenvalue weighted by Crippen LogP contribution is -2.33. The monoisotopic (exact) mass is 441 g/mol. The molecular formula is C22H39N3O4S. The molecule has 0 bridgehead atoms. The molecule has 3 N–H and O–H groups in total. The Hall–Kier alpha value is -1.80. The highest BCUT2D eigenvalue weighted by Crippen LogP contribution is 2.20. The second-order valence-electron chi connectivity index (χ2n) is 7.89. The third kappa shape index (κ3) is 10.8. The molecule has 7 nitrogen and oxygen atoms in total. The highest BCUT2D eigenvalue weighted by Gasteiger charge is 2.17. The molecule has 0 spiro atoms. The van der Waals surface area contributed by atoms with E-state index in [9.17, 15) is 13.2 Å². The summed E-state index contributed by atoms with van der Waals surface area (Å²) < 4.78 is 33.0. The van der Waals surface area contributed by atoms with Crippen LogP contribution < -0.4 is 15.2 Å². The molecule has 1 atom stereocenters. The molecule has 0 aromatic heterocycles. The van der Waals surface area contributed by atoms with Crippen LogP contribution in [-0.2, 0) is 15.0 Å². The number of carbonyl (C=O) groups is 1. The summed E-state index contributed by atoms with van der Waals surface area (Å²) in [5.41, 5.74) is 5.91. The Morgan fingerprint density at radius 3 is 1.93 bits per heavy atom. The molecule has 30 heavy (non-hydrogen) atoms. The van der Waals surface area contributed by atoms with Crippen LogP contribution in [0.15, 0.2) is 24.3 Å². The summed E-state index contributed by atoms with van der Waals surface area (Å²) >= 11 is 0. The minimum atomic E-state index is -3.56. The molecule has 8 heteroatoms. The average molecular weight is 442 g/mol. The van der Waals surface area contributed by atoms with Crippen LogP contribution in [0.25, 0.3) is 0 Å². The van der Waals surface area contributed by atoms with Crippen LogP contribution in [0.3, 0.4) is 0 Å². The molecule has 172 valence electrons. The number of hydrogen-bond acceptors (Lipinski definition) is 4. The fraction of sp³-hybridized carbons (Fsp3) is 0.682. The molecular weight excluding hydrogens is 402 g/mol. The van der Waals surface area contributed by atoms with Gasteiger partial charge >= 0.3 is 10.2 Å². The van der Waals surface area contributed by atoms with E-state index in [4.69, 9.17) is 10.5 Å². The van der Waals surface area contributed by atoms with Crippen molar-refractivity contribution in [3.8, 4) is 5.75 Å². The second kappa shape index (κ2) is 14.2. The Labute approximate surface area is 182 Å². The van der Waals surface area contributed by atoms with Gasteiger partial charge in [-0.3, -0.25) is 9.52 Å². The van der Waals surface area contributed by atoms with Crippen molar-refractivity contribution < 1.29 is 17.9 Å². The number of anilines is 1. The van der Waals surface area contributed by atoms with Crippen molar-refractivity contribution in [1.29, 1.82) is 0 Å². The number of primary amides is 1. The molecule has 1 amide bonds. The average Bonchev–Trinajstić information content (AvgIpc) is 2.69. The van der Waals surface area contributed by atoms with E-state index in [0.29, 0.717) is 17.9 Å². The number of amides is 1. The number of rotatable bonds is 17. The highest BCUT2D eigenvalue weighted by molar-refractivity contribution is 7.90. The maximum atomic E-state index is 11.8. The molecule has 0 saturated heterocycles. The van der Waals surface area contributed by atoms with Crippen molar-refractivity contribution >= 4 is 21.8 Å². The van der Waals surface area contributed by atoms with Crippen molar-refractivity contribution in [2.45, 2.75) is 83.7 Å². The van der Waals surface area contributed by atoms with E-state index in [-0.39, 0.29) is 0 Å². The first-order valence-electron chi connectivity index (χ1n) is 11.0. The molecule has 0 aliphatic carbocycles. The minimum absolute atomic E-state index is 0.418. The van der Waals surface area contributed by atoms with E-state index in [1.165, 1.54) is 65.5 Å². The van der Waals surface area contributed by atoms with Crippen molar-refractivity contribution in [2.24, 2.45) is 5.73 Å². The van der Waals surface area contributed by atoms with Gasteiger partial charge < -0.3 is 10.5 Å². The minimum Gasteiger partial charge on any atom is -0.481 e. The molecule has 0 heterocycles. The van der Waals surface area contributed by atoms with Crippen LogP contribution in [0.4, 0.5) is 5.69 Å². The van der Waals surface area contributed by atoms with Gasteiger partial charge in [0.2, 0.25) is 0 Å². The predicted octanol–water partition coefficient (Wildman–Crippen LogP) is 4.45. The molecule has 1 aromatic rings. The third-order valence-electron chi connectivity index (χ3n) is 5.00. The van der Waals surface area contributed by atoms with Crippen molar-refractivity contribution in [2.75, 3.05) is 18.8 Å². The Kier molecular flexibility index (Phi) is 12.5. The fourth-order valence-electron chi connectivity index (χ4n) is 3.08. The number of unbranched alkanes of at least 4 members (excludes halogenated alkanes) is 9. The quantitative estimate of drug-likeness (QED) is 0.349. The zero-order valence-corrected chi connectivity index (χ0v) is 19.5. The number of nitrogens with zero attached hydrogens (tertiary/aromatic N) is 1. The van der Waals surface area contributed by atoms with Gasteiger partial charge in [0.25, 0.3) is 5.91 Å². The maximum absolute atomic E-state index is 11.8. The summed E-state index contributed by atoms with van der Waals surface area (Å²) in [6, 6.07) is 6.44. The lowest BCUT2D eigenvalue weighted by Gasteiger charge is -2.17. The van der Waals surface area contributed by atoms with Crippen LogP contribution in [0.2, 0.25) is 0 Å². The first kappa shape index (κ1) is 26.2. The van der Waals surface area contributed by atoms with Crippen LogP contribution >= 0.6 is 0 Å². The number of hydrogen-bond donors (Lipinski definition) is 2. The molecule has 1 unspecified atom stereocenters. The molecule has 0 radical (unpaired) electrons. The molecule has 1 aromatic carbocycles. The zero-order valence-electron chi connectivity index (χ0n) is 18.7. The van der Waals surface area contributed by atoms with Gasteiger partial charge in [-0.1, -0.05) is 64.7 Å². The second-order valence-corrected chi connectivity index (χ2v) is 9.78. The Morgan fingerprint density at radius 1 is 0.967 bits per heavy atom. The predicted molar refractivity (Wildman–Crippen MR) is 123 cm³/mol. The fourth-order valence-corrected chi connectivity index (χ4v) is 3.70. The Morgan fingerprint density at radius 2 is 1.47 bits per heavy atom. The van der Waals surface area contributed by atoms with E-state index < -0.39 is 22.2 Å². The van der Waals surface area contributed by atoms with Gasteiger partial charge in [0.05, 0.1) is 5.69 Å². The lowest BCUT2D eigenvalue weighted by molar-refractivity contribution is -0.125. The van der Waals surface area contributed by atoms with Gasteiger partial charge in [0.1, 0.15) is 5.75 Å². The standard InChI is InChI=1S/C22H39N3O4S/c1-4-5-6-7-8-9-10-11-12-13-14-21(22(23)26)29-20-17-15-19(16-18-20)24-30(27,28)25(2)3/h15-18,21,24H,4-14H2,1-3H3,(H2,23,26). The third-order valence-corrected chi connectivity index (χ3v) is 6.45. The van der Waals surface area contributed by atoms with Crippen molar-refractivity contribution in [3.05, 3.63) is 24.3 Å².